The van der Waals surface area contributed by atoms with E-state index in [9.17, 15) is 9.59 Å². The van der Waals surface area contributed by atoms with Gasteiger partial charge in [0.05, 0.1) is 11.0 Å². The van der Waals surface area contributed by atoms with Gasteiger partial charge in [0.25, 0.3) is 0 Å². The first-order chi connectivity index (χ1) is 9.13. The number of benzene rings is 1. The minimum atomic E-state index is -0.829. The van der Waals surface area contributed by atoms with Crippen LogP contribution in [0.2, 0.25) is 0 Å². The van der Waals surface area contributed by atoms with Crippen LogP contribution in [-0.2, 0) is 11.2 Å². The number of rotatable bonds is 5. The Labute approximate surface area is 110 Å². The number of imidazole rings is 1. The normalized spacial score (nSPS) is 10.8. The minimum absolute atomic E-state index is 0.0148. The molecule has 1 aromatic heterocycles. The quantitative estimate of drug-likeness (QED) is 0.896. The van der Waals surface area contributed by atoms with Crippen molar-refractivity contribution < 1.29 is 14.7 Å². The highest BCUT2D eigenvalue weighted by molar-refractivity contribution is 5.91. The van der Waals surface area contributed by atoms with Gasteiger partial charge in [-0.2, -0.15) is 0 Å². The van der Waals surface area contributed by atoms with Gasteiger partial charge in [0.2, 0.25) is 5.91 Å². The SMILES string of the molecule is CCC(=O)n1c(CCCC(=O)O)nc2ccccc21. The molecular weight excluding hydrogens is 244 g/mol. The molecule has 19 heavy (non-hydrogen) atoms. The van der Waals surface area contributed by atoms with E-state index in [0.29, 0.717) is 25.1 Å². The molecule has 0 aliphatic heterocycles. The first kappa shape index (κ1) is 13.3. The number of aromatic nitrogens is 2. The van der Waals surface area contributed by atoms with Crippen LogP contribution in [0.3, 0.4) is 0 Å². The average molecular weight is 260 g/mol. The number of carbonyl (C=O) groups excluding carboxylic acids is 1. The van der Waals surface area contributed by atoms with Gasteiger partial charge in [-0.1, -0.05) is 19.1 Å². The number of para-hydroxylation sites is 2. The number of aryl methyl sites for hydroxylation is 1. The van der Waals surface area contributed by atoms with Crippen LogP contribution < -0.4 is 0 Å². The number of hydrogen-bond donors (Lipinski definition) is 1. The summed E-state index contributed by atoms with van der Waals surface area (Å²) in [5.41, 5.74) is 1.56. The monoisotopic (exact) mass is 260 g/mol. The van der Waals surface area contributed by atoms with Gasteiger partial charge in [-0.3, -0.25) is 14.2 Å². The van der Waals surface area contributed by atoms with E-state index in [2.05, 4.69) is 4.98 Å². The van der Waals surface area contributed by atoms with Crippen LogP contribution in [0.1, 0.15) is 36.8 Å². The van der Waals surface area contributed by atoms with Gasteiger partial charge >= 0.3 is 5.97 Å². The highest BCUT2D eigenvalue weighted by Gasteiger charge is 2.15. The Hall–Kier alpha value is -2.17. The lowest BCUT2D eigenvalue weighted by Crippen LogP contribution is -2.13. The lowest BCUT2D eigenvalue weighted by atomic mass is 10.2. The second-order valence-electron chi connectivity index (χ2n) is 4.35. The largest absolute Gasteiger partial charge is 0.481 e. The fourth-order valence-electron chi connectivity index (χ4n) is 2.08. The van der Waals surface area contributed by atoms with Gasteiger partial charge < -0.3 is 5.11 Å². The zero-order chi connectivity index (χ0) is 13.8. The van der Waals surface area contributed by atoms with Gasteiger partial charge in [0, 0.05) is 19.3 Å². The van der Waals surface area contributed by atoms with Gasteiger partial charge in [0.15, 0.2) is 0 Å². The summed E-state index contributed by atoms with van der Waals surface area (Å²) in [4.78, 5) is 27.0. The Morgan fingerprint density at radius 2 is 2.05 bits per heavy atom. The summed E-state index contributed by atoms with van der Waals surface area (Å²) >= 11 is 0. The fraction of sp³-hybridized carbons (Fsp3) is 0.357. The summed E-state index contributed by atoms with van der Waals surface area (Å²) in [5.74, 6) is -0.196. The molecule has 0 amide bonds. The lowest BCUT2D eigenvalue weighted by molar-refractivity contribution is -0.137. The summed E-state index contributed by atoms with van der Waals surface area (Å²) in [6.07, 6.45) is 1.46. The first-order valence-corrected chi connectivity index (χ1v) is 6.35. The zero-order valence-electron chi connectivity index (χ0n) is 10.8. The Kier molecular flexibility index (Phi) is 3.94. The summed E-state index contributed by atoms with van der Waals surface area (Å²) in [7, 11) is 0. The third-order valence-electron chi connectivity index (χ3n) is 2.97. The van der Waals surface area contributed by atoms with Gasteiger partial charge in [-0.25, -0.2) is 4.98 Å². The predicted molar refractivity (Wildman–Crippen MR) is 71.2 cm³/mol. The fourth-order valence-corrected chi connectivity index (χ4v) is 2.08. The van der Waals surface area contributed by atoms with E-state index < -0.39 is 5.97 Å². The number of carboxylic acid groups (broad SMARTS) is 1. The van der Waals surface area contributed by atoms with Crippen molar-refractivity contribution in [1.29, 1.82) is 0 Å². The predicted octanol–water partition coefficient (Wildman–Crippen LogP) is 2.49. The van der Waals surface area contributed by atoms with Crippen LogP contribution >= 0.6 is 0 Å². The van der Waals surface area contributed by atoms with Crippen LogP contribution in [0, 0.1) is 0 Å². The molecule has 0 bridgehead atoms. The molecule has 0 atom stereocenters. The van der Waals surface area contributed by atoms with Crippen molar-refractivity contribution in [3.05, 3.63) is 30.1 Å². The molecular formula is C14H16N2O3. The van der Waals surface area contributed by atoms with E-state index in [-0.39, 0.29) is 12.3 Å². The summed E-state index contributed by atoms with van der Waals surface area (Å²) in [5, 5.41) is 8.66. The molecule has 0 fully saturated rings. The van der Waals surface area contributed by atoms with Crippen LogP contribution in [0.5, 0.6) is 0 Å². The summed E-state index contributed by atoms with van der Waals surface area (Å²) < 4.78 is 1.61. The Balaban J connectivity index is 2.35. The number of aliphatic carboxylic acids is 1. The second kappa shape index (κ2) is 5.65. The van der Waals surface area contributed by atoms with Crippen LogP contribution in [0.25, 0.3) is 11.0 Å². The van der Waals surface area contributed by atoms with E-state index in [4.69, 9.17) is 5.11 Å². The topological polar surface area (TPSA) is 72.2 Å². The minimum Gasteiger partial charge on any atom is -0.481 e. The summed E-state index contributed by atoms with van der Waals surface area (Å²) in [6.45, 7) is 1.80. The molecule has 0 saturated heterocycles. The van der Waals surface area contributed by atoms with E-state index in [1.807, 2.05) is 24.3 Å². The second-order valence-corrected chi connectivity index (χ2v) is 4.35. The van der Waals surface area contributed by atoms with E-state index >= 15 is 0 Å². The van der Waals surface area contributed by atoms with Gasteiger partial charge in [-0.05, 0) is 18.6 Å². The van der Waals surface area contributed by atoms with Gasteiger partial charge in [0.1, 0.15) is 5.82 Å². The lowest BCUT2D eigenvalue weighted by Gasteiger charge is -2.05. The molecule has 0 saturated carbocycles. The molecule has 0 unspecified atom stereocenters. The average Bonchev–Trinajstić information content (AvgIpc) is 2.75. The molecule has 5 heteroatoms. The smallest absolute Gasteiger partial charge is 0.303 e. The molecule has 100 valence electrons. The van der Waals surface area contributed by atoms with Crippen molar-refractivity contribution in [2.24, 2.45) is 0 Å². The number of fused-ring (bicyclic) bond motifs is 1. The molecule has 1 aromatic carbocycles. The maximum Gasteiger partial charge on any atom is 0.303 e. The highest BCUT2D eigenvalue weighted by atomic mass is 16.4. The van der Waals surface area contributed by atoms with E-state index in [1.165, 1.54) is 0 Å². The van der Waals surface area contributed by atoms with Crippen molar-refractivity contribution in [2.75, 3.05) is 0 Å². The van der Waals surface area contributed by atoms with Crippen LogP contribution in [0.15, 0.2) is 24.3 Å². The maximum absolute atomic E-state index is 12.0. The zero-order valence-corrected chi connectivity index (χ0v) is 10.8. The van der Waals surface area contributed by atoms with Crippen molar-refractivity contribution >= 4 is 22.9 Å². The van der Waals surface area contributed by atoms with Crippen molar-refractivity contribution in [3.63, 3.8) is 0 Å². The van der Waals surface area contributed by atoms with Crippen molar-refractivity contribution in [3.8, 4) is 0 Å². The van der Waals surface area contributed by atoms with E-state index in [1.54, 1.807) is 11.5 Å². The molecule has 5 nitrogen and oxygen atoms in total. The first-order valence-electron chi connectivity index (χ1n) is 6.35. The van der Waals surface area contributed by atoms with E-state index in [0.717, 1.165) is 11.0 Å². The van der Waals surface area contributed by atoms with Crippen molar-refractivity contribution in [1.82, 2.24) is 9.55 Å². The Bertz CT molecular complexity index is 616. The van der Waals surface area contributed by atoms with Crippen LogP contribution in [-0.4, -0.2) is 26.5 Å². The molecule has 2 rings (SSSR count). The third kappa shape index (κ3) is 2.81. The standard InChI is InChI=1S/C14H16N2O3/c1-2-13(17)16-11-7-4-3-6-10(11)15-12(16)8-5-9-14(18)19/h3-4,6-7H,2,5,8-9H2,1H3,(H,18,19). The third-order valence-corrected chi connectivity index (χ3v) is 2.97. The Morgan fingerprint density at radius 3 is 2.74 bits per heavy atom. The summed E-state index contributed by atoms with van der Waals surface area (Å²) in [6, 6.07) is 7.45. The van der Waals surface area contributed by atoms with Gasteiger partial charge in [-0.15, -0.1) is 0 Å². The number of hydrogen-bond acceptors (Lipinski definition) is 3. The molecule has 0 radical (unpaired) electrons. The molecule has 0 spiro atoms. The molecule has 1 N–H and O–H groups in total. The number of carbonyl (C=O) groups is 2. The Morgan fingerprint density at radius 1 is 1.32 bits per heavy atom. The van der Waals surface area contributed by atoms with Crippen LogP contribution in [0.4, 0.5) is 0 Å². The molecule has 1 heterocycles. The molecule has 2 aromatic rings. The molecule has 0 aliphatic carbocycles. The highest BCUT2D eigenvalue weighted by Crippen LogP contribution is 2.18. The van der Waals surface area contributed by atoms with Crippen molar-refractivity contribution in [2.45, 2.75) is 32.6 Å². The number of nitrogens with zero attached hydrogens (tertiary/aromatic N) is 2. The maximum atomic E-state index is 12.0. The molecule has 0 aliphatic rings. The number of carboxylic acids is 1.